The van der Waals surface area contributed by atoms with Gasteiger partial charge in [-0.25, -0.2) is 13.2 Å². The van der Waals surface area contributed by atoms with Crippen molar-refractivity contribution >= 4 is 15.9 Å². The zero-order chi connectivity index (χ0) is 29.4. The number of methoxy groups -OCH3 is 1. The number of sulfonamides is 1. The number of hydrogen-bond acceptors (Lipinski definition) is 7. The van der Waals surface area contributed by atoms with Crippen LogP contribution in [0.1, 0.15) is 48.1 Å². The molecule has 0 bridgehead atoms. The molecule has 4 rings (SSSR count). The Balaban J connectivity index is 1.39. The van der Waals surface area contributed by atoms with Crippen LogP contribution in [-0.4, -0.2) is 54.0 Å². The third-order valence-electron chi connectivity index (χ3n) is 6.86. The number of ether oxygens (including phenoxy) is 2. The van der Waals surface area contributed by atoms with E-state index < -0.39 is 33.2 Å². The fourth-order valence-electron chi connectivity index (χ4n) is 4.28. The first kappa shape index (κ1) is 30.2. The monoisotopic (exact) mass is 581 g/mol. The lowest BCUT2D eigenvalue weighted by Crippen LogP contribution is -2.43. The minimum Gasteiger partial charge on any atom is -0.493 e. The van der Waals surface area contributed by atoms with Crippen molar-refractivity contribution in [2.45, 2.75) is 38.8 Å². The van der Waals surface area contributed by atoms with Crippen LogP contribution >= 0.6 is 0 Å². The third-order valence-corrected chi connectivity index (χ3v) is 8.75. The van der Waals surface area contributed by atoms with Crippen LogP contribution in [0.25, 0.3) is 0 Å². The highest BCUT2D eigenvalue weighted by molar-refractivity contribution is 7.89. The Morgan fingerprint density at radius 2 is 1.83 bits per heavy atom. The maximum absolute atomic E-state index is 13.3. The number of hydrogen-bond donors (Lipinski definition) is 0. The Labute approximate surface area is 239 Å². The number of aromatic nitrogens is 2. The summed E-state index contributed by atoms with van der Waals surface area (Å²) in [5.74, 6) is 0.441. The zero-order valence-electron chi connectivity index (χ0n) is 23.2. The minimum absolute atomic E-state index is 0.0626. The summed E-state index contributed by atoms with van der Waals surface area (Å²) in [5, 5.41) is 0. The molecule has 1 saturated carbocycles. The van der Waals surface area contributed by atoms with Crippen molar-refractivity contribution in [2.24, 2.45) is 5.92 Å². The van der Waals surface area contributed by atoms with Gasteiger partial charge < -0.3 is 9.47 Å². The van der Waals surface area contributed by atoms with Gasteiger partial charge in [0.05, 0.1) is 12.4 Å². The highest BCUT2D eigenvalue weighted by atomic mass is 32.2. The molecule has 0 radical (unpaired) electrons. The predicted octanol–water partition coefficient (Wildman–Crippen LogP) is 3.43. The molecule has 1 aliphatic carbocycles. The van der Waals surface area contributed by atoms with E-state index in [0.717, 1.165) is 11.6 Å². The minimum atomic E-state index is -3.71. The van der Waals surface area contributed by atoms with E-state index in [1.54, 1.807) is 30.4 Å². The second-order valence-corrected chi connectivity index (χ2v) is 12.0. The summed E-state index contributed by atoms with van der Waals surface area (Å²) in [5.41, 5.74) is -0.471. The Morgan fingerprint density at radius 3 is 2.54 bits per heavy atom. The number of nitrogens with zero attached hydrogens (tertiary/aromatic N) is 3. The van der Waals surface area contributed by atoms with Crippen LogP contribution in [0.5, 0.6) is 5.75 Å². The van der Waals surface area contributed by atoms with Gasteiger partial charge in [0.1, 0.15) is 12.5 Å². The third kappa shape index (κ3) is 7.90. The number of benzene rings is 2. The molecule has 1 atom stereocenters. The molecule has 1 fully saturated rings. The van der Waals surface area contributed by atoms with Crippen molar-refractivity contribution in [1.29, 1.82) is 0 Å². The Hall–Kier alpha value is -3.80. The molecule has 2 aromatic carbocycles. The van der Waals surface area contributed by atoms with Crippen molar-refractivity contribution in [3.05, 3.63) is 111 Å². The summed E-state index contributed by atoms with van der Waals surface area (Å²) in [6.07, 6.45) is 7.15. The van der Waals surface area contributed by atoms with E-state index in [2.05, 4.69) is 0 Å². The summed E-state index contributed by atoms with van der Waals surface area (Å²) in [6.45, 7) is 2.44. The van der Waals surface area contributed by atoms with Crippen LogP contribution in [0.4, 0.5) is 0 Å². The molecule has 11 heteroatoms. The first-order valence-corrected chi connectivity index (χ1v) is 15.1. The number of carbonyl (C=O) groups is 1. The molecule has 1 aromatic heterocycles. The second kappa shape index (κ2) is 13.7. The standard InChI is InChI=1S/C30H35N3O7S/c1-23(26-12-9-13-27(20-26)40-21-24-14-15-24)32(22-39-2)41(37,38)19-8-4-7-17-31-18-16-28(34)33(30(31)36)29(35)25-10-5-3-6-11-25/h3-7,9-13,16,18,20,23-24H,8,14-15,17,19,21-22H2,1-2H3/b7-4+/t23-/m1/s1. The van der Waals surface area contributed by atoms with E-state index in [9.17, 15) is 22.8 Å². The quantitative estimate of drug-likeness (QED) is 0.212. The van der Waals surface area contributed by atoms with Gasteiger partial charge in [0, 0.05) is 37.5 Å². The largest absolute Gasteiger partial charge is 0.493 e. The second-order valence-electron chi connectivity index (χ2n) is 9.98. The SMILES string of the molecule is COCN([C@H](C)c1cccc(OCC2CC2)c1)S(=O)(=O)CC/C=C/Cn1ccc(=O)n(C(=O)c2ccccc2)c1=O. The van der Waals surface area contributed by atoms with E-state index >= 15 is 0 Å². The van der Waals surface area contributed by atoms with Crippen LogP contribution in [0, 0.1) is 5.92 Å². The summed E-state index contributed by atoms with van der Waals surface area (Å²) in [7, 11) is -2.26. The van der Waals surface area contributed by atoms with Crippen molar-refractivity contribution < 1.29 is 22.7 Å². The summed E-state index contributed by atoms with van der Waals surface area (Å²) >= 11 is 0. The molecular weight excluding hydrogens is 546 g/mol. The molecule has 0 saturated heterocycles. The first-order chi connectivity index (χ1) is 19.7. The normalized spacial score (nSPS) is 14.4. The maximum Gasteiger partial charge on any atom is 0.338 e. The fourth-order valence-corrected chi connectivity index (χ4v) is 5.82. The smallest absolute Gasteiger partial charge is 0.338 e. The molecule has 0 aliphatic heterocycles. The molecule has 41 heavy (non-hydrogen) atoms. The number of rotatable bonds is 14. The van der Waals surface area contributed by atoms with E-state index in [1.165, 1.54) is 47.2 Å². The Kier molecular flexibility index (Phi) is 10.1. The van der Waals surface area contributed by atoms with Gasteiger partial charge in [0.2, 0.25) is 10.0 Å². The maximum atomic E-state index is 13.3. The molecular formula is C30H35N3O7S. The first-order valence-electron chi connectivity index (χ1n) is 13.5. The van der Waals surface area contributed by atoms with Crippen LogP contribution in [-0.2, 0) is 21.3 Å². The van der Waals surface area contributed by atoms with Crippen LogP contribution in [0.2, 0.25) is 0 Å². The van der Waals surface area contributed by atoms with Gasteiger partial charge >= 0.3 is 5.69 Å². The molecule has 218 valence electrons. The van der Waals surface area contributed by atoms with E-state index in [1.807, 2.05) is 31.2 Å². The summed E-state index contributed by atoms with van der Waals surface area (Å²) in [6, 6.07) is 16.2. The fraction of sp³-hybridized carbons (Fsp3) is 0.367. The summed E-state index contributed by atoms with van der Waals surface area (Å²) < 4.78 is 40.7. The van der Waals surface area contributed by atoms with Crippen molar-refractivity contribution in [3.63, 3.8) is 0 Å². The van der Waals surface area contributed by atoms with Gasteiger partial charge in [-0.2, -0.15) is 8.87 Å². The van der Waals surface area contributed by atoms with Gasteiger partial charge in [-0.1, -0.05) is 42.5 Å². The average Bonchev–Trinajstić information content (AvgIpc) is 3.80. The van der Waals surface area contributed by atoms with Gasteiger partial charge in [0.15, 0.2) is 0 Å². The Bertz CT molecular complexity index is 1590. The predicted molar refractivity (Wildman–Crippen MR) is 155 cm³/mol. The van der Waals surface area contributed by atoms with Gasteiger partial charge in [0.25, 0.3) is 11.5 Å². The van der Waals surface area contributed by atoms with Crippen LogP contribution in [0.15, 0.2) is 88.6 Å². The zero-order valence-corrected chi connectivity index (χ0v) is 24.0. The molecule has 0 N–H and O–H groups in total. The van der Waals surface area contributed by atoms with E-state index in [0.29, 0.717) is 22.8 Å². The highest BCUT2D eigenvalue weighted by Gasteiger charge is 2.28. The highest BCUT2D eigenvalue weighted by Crippen LogP contribution is 2.31. The molecule has 1 heterocycles. The summed E-state index contributed by atoms with van der Waals surface area (Å²) in [4.78, 5) is 37.8. The number of carbonyl (C=O) groups excluding carboxylic acids is 1. The van der Waals surface area contributed by atoms with Crippen LogP contribution < -0.4 is 16.0 Å². The topological polar surface area (TPSA) is 117 Å². The molecule has 1 aliphatic rings. The molecule has 0 amide bonds. The lowest BCUT2D eigenvalue weighted by atomic mass is 10.1. The Morgan fingerprint density at radius 1 is 1.07 bits per heavy atom. The van der Waals surface area contributed by atoms with Gasteiger partial charge in [-0.3, -0.25) is 14.2 Å². The van der Waals surface area contributed by atoms with Crippen molar-refractivity contribution in [1.82, 2.24) is 13.4 Å². The average molecular weight is 582 g/mol. The van der Waals surface area contributed by atoms with Crippen molar-refractivity contribution in [3.8, 4) is 5.75 Å². The lowest BCUT2D eigenvalue weighted by molar-refractivity contribution is 0.0948. The molecule has 0 unspecified atom stereocenters. The lowest BCUT2D eigenvalue weighted by Gasteiger charge is -2.28. The molecule has 3 aromatic rings. The van der Waals surface area contributed by atoms with E-state index in [4.69, 9.17) is 9.47 Å². The van der Waals surface area contributed by atoms with Gasteiger partial charge in [-0.15, -0.1) is 0 Å². The number of allylic oxidation sites excluding steroid dienone is 2. The van der Waals surface area contributed by atoms with Crippen molar-refractivity contribution in [2.75, 3.05) is 26.2 Å². The molecule has 10 nitrogen and oxygen atoms in total. The van der Waals surface area contributed by atoms with E-state index in [-0.39, 0.29) is 31.0 Å². The van der Waals surface area contributed by atoms with Crippen LogP contribution in [0.3, 0.4) is 0 Å². The van der Waals surface area contributed by atoms with Gasteiger partial charge in [-0.05, 0) is 61.9 Å². The molecule has 0 spiro atoms.